The Kier molecular flexibility index (Phi) is 5.01. The van der Waals surface area contributed by atoms with Crippen LogP contribution in [0.5, 0.6) is 0 Å². The molecule has 3 N–H and O–H groups in total. The molecule has 1 aromatic heterocycles. The number of rotatable bonds is 5. The second-order valence-electron chi connectivity index (χ2n) is 5.49. The highest BCUT2D eigenvalue weighted by Crippen LogP contribution is 2.36. The Bertz CT molecular complexity index is 566. The Morgan fingerprint density at radius 3 is 2.76 bits per heavy atom. The topological polar surface area (TPSA) is 38.0 Å². The second kappa shape index (κ2) is 6.97. The van der Waals surface area contributed by atoms with Crippen LogP contribution in [0.15, 0.2) is 30.3 Å². The first kappa shape index (κ1) is 15.1. The molecule has 4 heteroatoms. The van der Waals surface area contributed by atoms with Gasteiger partial charge in [-0.2, -0.15) is 11.8 Å². The zero-order chi connectivity index (χ0) is 14.7. The van der Waals surface area contributed by atoms with E-state index in [-0.39, 0.29) is 6.04 Å². The third kappa shape index (κ3) is 3.34. The molecule has 1 atom stereocenters. The van der Waals surface area contributed by atoms with Crippen molar-refractivity contribution in [3.8, 4) is 0 Å². The Morgan fingerprint density at radius 2 is 2.10 bits per heavy atom. The summed E-state index contributed by atoms with van der Waals surface area (Å²) in [5, 5.41) is 0. The number of nitrogens with two attached hydrogens (primary N) is 1. The van der Waals surface area contributed by atoms with Crippen LogP contribution in [0.2, 0.25) is 0 Å². The maximum absolute atomic E-state index is 5.84. The molecule has 2 aromatic rings. The third-order valence-corrected chi connectivity index (χ3v) is 6.26. The van der Waals surface area contributed by atoms with Crippen molar-refractivity contribution in [2.45, 2.75) is 38.0 Å². The summed E-state index contributed by atoms with van der Waals surface area (Å²) < 4.78 is 0. The van der Waals surface area contributed by atoms with Gasteiger partial charge >= 0.3 is 0 Å². The van der Waals surface area contributed by atoms with Crippen molar-refractivity contribution in [3.63, 3.8) is 0 Å². The second-order valence-corrected chi connectivity index (χ2v) is 7.76. The van der Waals surface area contributed by atoms with E-state index in [0.717, 1.165) is 12.2 Å². The van der Waals surface area contributed by atoms with Crippen LogP contribution in [-0.2, 0) is 18.6 Å². The van der Waals surface area contributed by atoms with E-state index in [1.807, 2.05) is 23.1 Å². The number of hydrogen-bond donors (Lipinski definition) is 2. The van der Waals surface area contributed by atoms with E-state index in [9.17, 15) is 0 Å². The van der Waals surface area contributed by atoms with Crippen molar-refractivity contribution in [3.05, 3.63) is 56.8 Å². The van der Waals surface area contributed by atoms with Gasteiger partial charge in [-0.3, -0.25) is 5.84 Å². The van der Waals surface area contributed by atoms with Crippen molar-refractivity contribution in [1.82, 2.24) is 5.43 Å². The summed E-state index contributed by atoms with van der Waals surface area (Å²) in [6, 6.07) is 11.3. The fraction of sp³-hybridized carbons (Fsp3) is 0.412. The zero-order valence-corrected chi connectivity index (χ0v) is 14.0. The number of hydrogen-bond acceptors (Lipinski definition) is 4. The quantitative estimate of drug-likeness (QED) is 0.645. The predicted molar refractivity (Wildman–Crippen MR) is 93.8 cm³/mol. The molecule has 1 aliphatic heterocycles. The maximum Gasteiger partial charge on any atom is 0.0802 e. The summed E-state index contributed by atoms with van der Waals surface area (Å²) in [7, 11) is 0. The van der Waals surface area contributed by atoms with E-state index >= 15 is 0 Å². The molecular formula is C17H22N2S2. The summed E-state index contributed by atoms with van der Waals surface area (Å²) >= 11 is 3.95. The Morgan fingerprint density at radius 1 is 1.29 bits per heavy atom. The predicted octanol–water partition coefficient (Wildman–Crippen LogP) is 4.04. The summed E-state index contributed by atoms with van der Waals surface area (Å²) in [5.41, 5.74) is 7.16. The lowest BCUT2D eigenvalue weighted by Crippen LogP contribution is -2.28. The van der Waals surface area contributed by atoms with E-state index < -0.39 is 0 Å². The van der Waals surface area contributed by atoms with Gasteiger partial charge in [0.25, 0.3) is 0 Å². The van der Waals surface area contributed by atoms with Crippen molar-refractivity contribution in [2.24, 2.45) is 5.84 Å². The molecule has 1 aromatic carbocycles. The summed E-state index contributed by atoms with van der Waals surface area (Å²) in [6.45, 7) is 2.21. The van der Waals surface area contributed by atoms with Gasteiger partial charge in [0.2, 0.25) is 0 Å². The lowest BCUT2D eigenvalue weighted by atomic mass is 10.0. The monoisotopic (exact) mass is 318 g/mol. The zero-order valence-electron chi connectivity index (χ0n) is 12.4. The van der Waals surface area contributed by atoms with Gasteiger partial charge in [-0.15, -0.1) is 11.3 Å². The highest BCUT2D eigenvalue weighted by molar-refractivity contribution is 7.98. The van der Waals surface area contributed by atoms with Gasteiger partial charge in [0.1, 0.15) is 0 Å². The van der Waals surface area contributed by atoms with Gasteiger partial charge in [-0.25, -0.2) is 5.43 Å². The molecule has 0 aliphatic carbocycles. The van der Waals surface area contributed by atoms with Crippen LogP contribution in [0.4, 0.5) is 0 Å². The van der Waals surface area contributed by atoms with E-state index in [1.165, 1.54) is 40.2 Å². The van der Waals surface area contributed by atoms with Crippen molar-refractivity contribution < 1.29 is 0 Å². The average Bonchev–Trinajstić information content (AvgIpc) is 2.93. The Labute approximate surface area is 135 Å². The first-order valence-corrected chi connectivity index (χ1v) is 9.53. The van der Waals surface area contributed by atoms with Gasteiger partial charge in [0.15, 0.2) is 0 Å². The molecule has 0 saturated heterocycles. The standard InChI is InChI=1S/C17H22N2S2/c1-2-3-12-4-6-13(7-5-12)17(19-18)16-10-14-11-20-9-8-15(14)21-16/h4-7,10,17,19H,2-3,8-9,11,18H2,1H3. The van der Waals surface area contributed by atoms with Crippen molar-refractivity contribution in [2.75, 3.05) is 5.75 Å². The molecule has 1 unspecified atom stereocenters. The van der Waals surface area contributed by atoms with E-state index in [4.69, 9.17) is 5.84 Å². The number of nitrogens with one attached hydrogen (secondary N) is 1. The minimum atomic E-state index is 0.112. The van der Waals surface area contributed by atoms with E-state index in [1.54, 1.807) is 4.88 Å². The molecule has 0 saturated carbocycles. The minimum absolute atomic E-state index is 0.112. The first-order chi connectivity index (χ1) is 10.3. The lowest BCUT2D eigenvalue weighted by molar-refractivity contribution is 0.646. The minimum Gasteiger partial charge on any atom is -0.271 e. The molecule has 3 rings (SSSR count). The van der Waals surface area contributed by atoms with Crippen LogP contribution in [-0.4, -0.2) is 5.75 Å². The molecule has 0 amide bonds. The fourth-order valence-electron chi connectivity index (χ4n) is 2.82. The summed E-state index contributed by atoms with van der Waals surface area (Å²) in [5.74, 6) is 8.24. The van der Waals surface area contributed by atoms with Crippen LogP contribution in [0.3, 0.4) is 0 Å². The Balaban J connectivity index is 1.85. The maximum atomic E-state index is 5.84. The Hall–Kier alpha value is -0.810. The highest BCUT2D eigenvalue weighted by Gasteiger charge is 2.19. The molecule has 0 spiro atoms. The number of hydrazine groups is 1. The van der Waals surface area contributed by atoms with Gasteiger partial charge in [-0.05, 0) is 41.4 Å². The molecule has 21 heavy (non-hydrogen) atoms. The van der Waals surface area contributed by atoms with Crippen LogP contribution in [0, 0.1) is 0 Å². The number of aryl methyl sites for hydroxylation is 2. The smallest absolute Gasteiger partial charge is 0.0802 e. The van der Waals surface area contributed by atoms with Gasteiger partial charge in [0.05, 0.1) is 6.04 Å². The van der Waals surface area contributed by atoms with Gasteiger partial charge < -0.3 is 0 Å². The number of benzene rings is 1. The lowest BCUT2D eigenvalue weighted by Gasteiger charge is -2.15. The average molecular weight is 319 g/mol. The molecule has 0 fully saturated rings. The van der Waals surface area contributed by atoms with Crippen LogP contribution >= 0.6 is 23.1 Å². The SMILES string of the molecule is CCCc1ccc(C(NN)c2cc3c(s2)CCSC3)cc1. The van der Waals surface area contributed by atoms with Gasteiger partial charge in [-0.1, -0.05) is 37.6 Å². The number of thiophene rings is 1. The van der Waals surface area contributed by atoms with E-state index in [2.05, 4.69) is 42.7 Å². The molecule has 0 bridgehead atoms. The molecule has 1 aliphatic rings. The van der Waals surface area contributed by atoms with Crippen molar-refractivity contribution >= 4 is 23.1 Å². The van der Waals surface area contributed by atoms with E-state index in [0.29, 0.717) is 0 Å². The number of thioether (sulfide) groups is 1. The normalized spacial score (nSPS) is 15.7. The summed E-state index contributed by atoms with van der Waals surface area (Å²) in [4.78, 5) is 2.89. The fourth-order valence-corrected chi connectivity index (χ4v) is 5.29. The first-order valence-electron chi connectivity index (χ1n) is 7.56. The number of fused-ring (bicyclic) bond motifs is 1. The molecule has 112 valence electrons. The van der Waals surface area contributed by atoms with Gasteiger partial charge in [0, 0.05) is 15.5 Å². The molecule has 2 heterocycles. The van der Waals surface area contributed by atoms with Crippen molar-refractivity contribution in [1.29, 1.82) is 0 Å². The van der Waals surface area contributed by atoms with Crippen LogP contribution in [0.25, 0.3) is 0 Å². The molecule has 2 nitrogen and oxygen atoms in total. The molecular weight excluding hydrogens is 296 g/mol. The summed E-state index contributed by atoms with van der Waals surface area (Å²) in [6.07, 6.45) is 3.54. The third-order valence-electron chi connectivity index (χ3n) is 3.95. The van der Waals surface area contributed by atoms with Crippen LogP contribution in [0.1, 0.15) is 45.8 Å². The highest BCUT2D eigenvalue weighted by atomic mass is 32.2. The van der Waals surface area contributed by atoms with Crippen LogP contribution < -0.4 is 11.3 Å². The molecule has 0 radical (unpaired) electrons. The largest absolute Gasteiger partial charge is 0.271 e.